The molecule has 1 aliphatic heterocycles. The number of carbonyl (C=O) groups is 1. The van der Waals surface area contributed by atoms with Gasteiger partial charge in [-0.25, -0.2) is 13.2 Å². The van der Waals surface area contributed by atoms with Crippen LogP contribution in [0.4, 0.5) is 11.4 Å². The predicted molar refractivity (Wildman–Crippen MR) is 63.6 cm³/mol. The van der Waals surface area contributed by atoms with E-state index in [4.69, 9.17) is 10.8 Å². The molecule has 1 aromatic rings. The van der Waals surface area contributed by atoms with Gasteiger partial charge in [0.2, 0.25) is 10.0 Å². The molecule has 1 saturated heterocycles. The van der Waals surface area contributed by atoms with E-state index in [0.717, 1.165) is 4.31 Å². The van der Waals surface area contributed by atoms with Gasteiger partial charge in [-0.1, -0.05) is 0 Å². The second-order valence-electron chi connectivity index (χ2n) is 3.82. The maximum absolute atomic E-state index is 11.7. The van der Waals surface area contributed by atoms with Crippen LogP contribution in [0.1, 0.15) is 16.8 Å². The summed E-state index contributed by atoms with van der Waals surface area (Å²) in [6, 6.07) is 4.14. The molecule has 0 radical (unpaired) electrons. The van der Waals surface area contributed by atoms with E-state index in [1.807, 2.05) is 0 Å². The largest absolute Gasteiger partial charge is 0.478 e. The molecule has 7 heteroatoms. The molecular weight excluding hydrogens is 244 g/mol. The summed E-state index contributed by atoms with van der Waals surface area (Å²) in [4.78, 5) is 11.0. The highest BCUT2D eigenvalue weighted by atomic mass is 32.2. The van der Waals surface area contributed by atoms with Crippen LogP contribution in [0.5, 0.6) is 0 Å². The molecule has 2 rings (SSSR count). The van der Waals surface area contributed by atoms with Gasteiger partial charge in [-0.15, -0.1) is 0 Å². The van der Waals surface area contributed by atoms with Gasteiger partial charge < -0.3 is 10.8 Å². The lowest BCUT2D eigenvalue weighted by Crippen LogP contribution is -2.27. The zero-order valence-electron chi connectivity index (χ0n) is 8.96. The fourth-order valence-electron chi connectivity index (χ4n) is 1.85. The monoisotopic (exact) mass is 256 g/mol. The Hall–Kier alpha value is -1.76. The number of nitrogens with zero attached hydrogens (tertiary/aromatic N) is 1. The van der Waals surface area contributed by atoms with E-state index >= 15 is 0 Å². The highest BCUT2D eigenvalue weighted by molar-refractivity contribution is 7.93. The first-order chi connectivity index (χ1) is 7.92. The molecule has 1 aliphatic rings. The minimum absolute atomic E-state index is 0.0425. The number of rotatable bonds is 2. The second-order valence-corrected chi connectivity index (χ2v) is 5.84. The fraction of sp³-hybridized carbons (Fsp3) is 0.300. The average Bonchev–Trinajstić information content (AvgIpc) is 2.57. The quantitative estimate of drug-likeness (QED) is 0.751. The van der Waals surface area contributed by atoms with Gasteiger partial charge in [-0.3, -0.25) is 4.31 Å². The molecule has 17 heavy (non-hydrogen) atoms. The Balaban J connectivity index is 2.58. The number of carboxylic acid groups (broad SMARTS) is 1. The minimum atomic E-state index is -3.40. The zero-order valence-corrected chi connectivity index (χ0v) is 9.77. The van der Waals surface area contributed by atoms with Crippen LogP contribution in [0.3, 0.4) is 0 Å². The first-order valence-electron chi connectivity index (χ1n) is 5.05. The minimum Gasteiger partial charge on any atom is -0.478 e. The van der Waals surface area contributed by atoms with E-state index in [-0.39, 0.29) is 17.0 Å². The average molecular weight is 256 g/mol. The predicted octanol–water partition coefficient (Wildman–Crippen LogP) is 0.507. The first-order valence-corrected chi connectivity index (χ1v) is 6.66. The number of hydrogen-bond acceptors (Lipinski definition) is 4. The van der Waals surface area contributed by atoms with Crippen LogP contribution in [0.25, 0.3) is 0 Å². The third kappa shape index (κ3) is 2.05. The summed E-state index contributed by atoms with van der Waals surface area (Å²) < 4.78 is 24.6. The van der Waals surface area contributed by atoms with Gasteiger partial charge in [0.15, 0.2) is 0 Å². The molecule has 0 bridgehead atoms. The van der Waals surface area contributed by atoms with Crippen molar-refractivity contribution in [3.8, 4) is 0 Å². The van der Waals surface area contributed by atoms with Crippen LogP contribution in [0, 0.1) is 0 Å². The van der Waals surface area contributed by atoms with Crippen LogP contribution in [-0.2, 0) is 10.0 Å². The highest BCUT2D eigenvalue weighted by Gasteiger charge is 2.31. The molecule has 0 amide bonds. The normalized spacial score (nSPS) is 18.2. The van der Waals surface area contributed by atoms with E-state index in [1.165, 1.54) is 18.2 Å². The van der Waals surface area contributed by atoms with Crippen LogP contribution in [-0.4, -0.2) is 31.8 Å². The van der Waals surface area contributed by atoms with Crippen molar-refractivity contribution in [2.45, 2.75) is 6.42 Å². The Kier molecular flexibility index (Phi) is 2.70. The van der Waals surface area contributed by atoms with Crippen LogP contribution < -0.4 is 10.0 Å². The summed E-state index contributed by atoms with van der Waals surface area (Å²) in [5, 5.41) is 9.02. The third-order valence-electron chi connectivity index (χ3n) is 2.62. The molecule has 1 fully saturated rings. The molecule has 0 unspecified atom stereocenters. The number of carboxylic acids is 1. The number of nitrogen functional groups attached to an aromatic ring is 1. The molecular formula is C10H12N2O4S. The molecule has 0 spiro atoms. The lowest BCUT2D eigenvalue weighted by Gasteiger charge is -2.19. The van der Waals surface area contributed by atoms with Crippen LogP contribution >= 0.6 is 0 Å². The maximum Gasteiger partial charge on any atom is 0.337 e. The third-order valence-corrected chi connectivity index (χ3v) is 4.48. The number of sulfonamides is 1. The molecule has 1 heterocycles. The number of hydrogen-bond donors (Lipinski definition) is 2. The molecule has 1 aromatic carbocycles. The van der Waals surface area contributed by atoms with E-state index in [9.17, 15) is 13.2 Å². The Morgan fingerprint density at radius 2 is 2.12 bits per heavy atom. The Labute approximate surface area is 98.7 Å². The zero-order chi connectivity index (χ0) is 12.6. The van der Waals surface area contributed by atoms with Crippen LogP contribution in [0.2, 0.25) is 0 Å². The van der Waals surface area contributed by atoms with E-state index < -0.39 is 16.0 Å². The topological polar surface area (TPSA) is 101 Å². The van der Waals surface area contributed by atoms with Crippen molar-refractivity contribution in [2.24, 2.45) is 0 Å². The lowest BCUT2D eigenvalue weighted by atomic mass is 10.1. The summed E-state index contributed by atoms with van der Waals surface area (Å²) >= 11 is 0. The van der Waals surface area contributed by atoms with E-state index in [0.29, 0.717) is 18.7 Å². The lowest BCUT2D eigenvalue weighted by molar-refractivity contribution is 0.0698. The Bertz CT molecular complexity index is 568. The van der Waals surface area contributed by atoms with Gasteiger partial charge in [0.25, 0.3) is 0 Å². The SMILES string of the molecule is Nc1ccc(C(=O)O)c(N2CCCS2(=O)=O)c1. The number of aromatic carboxylic acids is 1. The molecule has 0 saturated carbocycles. The van der Waals surface area contributed by atoms with Gasteiger partial charge in [-0.05, 0) is 24.6 Å². The summed E-state index contributed by atoms with van der Waals surface area (Å²) in [7, 11) is -3.40. The number of nitrogens with two attached hydrogens (primary N) is 1. The van der Waals surface area contributed by atoms with E-state index in [2.05, 4.69) is 0 Å². The van der Waals surface area contributed by atoms with Crippen molar-refractivity contribution in [1.29, 1.82) is 0 Å². The smallest absolute Gasteiger partial charge is 0.337 e. The molecule has 0 aliphatic carbocycles. The van der Waals surface area contributed by atoms with E-state index in [1.54, 1.807) is 0 Å². The molecule has 0 aromatic heterocycles. The first kappa shape index (κ1) is 11.7. The van der Waals surface area contributed by atoms with Gasteiger partial charge in [-0.2, -0.15) is 0 Å². The Morgan fingerprint density at radius 3 is 2.65 bits per heavy atom. The maximum atomic E-state index is 11.7. The standard InChI is InChI=1S/C10H12N2O4S/c11-7-2-3-8(10(13)14)9(6-7)12-4-1-5-17(12,15)16/h2-3,6H,1,4-5,11H2,(H,13,14). The van der Waals surface area contributed by atoms with Gasteiger partial charge >= 0.3 is 5.97 Å². The number of anilines is 2. The van der Waals surface area contributed by atoms with Gasteiger partial charge in [0.1, 0.15) is 0 Å². The summed E-state index contributed by atoms with van der Waals surface area (Å²) in [5.41, 5.74) is 6.01. The van der Waals surface area contributed by atoms with Crippen molar-refractivity contribution in [3.63, 3.8) is 0 Å². The van der Waals surface area contributed by atoms with Crippen molar-refractivity contribution in [3.05, 3.63) is 23.8 Å². The van der Waals surface area contributed by atoms with Crippen molar-refractivity contribution in [1.82, 2.24) is 0 Å². The van der Waals surface area contributed by atoms with Crippen LogP contribution in [0.15, 0.2) is 18.2 Å². The second kappa shape index (κ2) is 3.92. The summed E-state index contributed by atoms with van der Waals surface area (Å²) in [6.45, 7) is 0.298. The molecule has 6 nitrogen and oxygen atoms in total. The summed E-state index contributed by atoms with van der Waals surface area (Å²) in [6.07, 6.45) is 0.496. The van der Waals surface area contributed by atoms with Gasteiger partial charge in [0.05, 0.1) is 17.0 Å². The van der Waals surface area contributed by atoms with Crippen molar-refractivity contribution in [2.75, 3.05) is 22.3 Å². The molecule has 92 valence electrons. The molecule has 0 atom stereocenters. The molecule has 3 N–H and O–H groups in total. The summed E-state index contributed by atoms with van der Waals surface area (Å²) in [5.74, 6) is -1.12. The fourth-order valence-corrected chi connectivity index (χ4v) is 3.42. The van der Waals surface area contributed by atoms with Crippen molar-refractivity contribution < 1.29 is 18.3 Å². The van der Waals surface area contributed by atoms with Gasteiger partial charge in [0, 0.05) is 12.2 Å². The number of benzene rings is 1. The highest BCUT2D eigenvalue weighted by Crippen LogP contribution is 2.29. The van der Waals surface area contributed by atoms with Crippen molar-refractivity contribution >= 4 is 27.4 Å². The Morgan fingerprint density at radius 1 is 1.41 bits per heavy atom.